The number of aliphatic hydroxyl groups is 1. The van der Waals surface area contributed by atoms with E-state index in [1.807, 2.05) is 0 Å². The highest BCUT2D eigenvalue weighted by molar-refractivity contribution is 4.98. The fourth-order valence-corrected chi connectivity index (χ4v) is 2.54. The Labute approximate surface area is 99.4 Å². The standard InChI is InChI=1S/C12H27N3O/c1-11(16,8-13)9-15(4)10-12(14(2)3)6-5-7-12/h16H,5-10,13H2,1-4H3. The van der Waals surface area contributed by atoms with Gasteiger partial charge in [0.25, 0.3) is 0 Å². The Balaban J connectivity index is 2.47. The maximum Gasteiger partial charge on any atom is 0.0867 e. The van der Waals surface area contributed by atoms with Crippen LogP contribution in [-0.4, -0.2) is 66.8 Å². The fourth-order valence-electron chi connectivity index (χ4n) is 2.54. The van der Waals surface area contributed by atoms with Gasteiger partial charge in [0, 0.05) is 25.2 Å². The lowest BCUT2D eigenvalue weighted by Crippen LogP contribution is -2.58. The van der Waals surface area contributed by atoms with Crippen LogP contribution in [0.2, 0.25) is 0 Å². The summed E-state index contributed by atoms with van der Waals surface area (Å²) in [6, 6.07) is 0. The van der Waals surface area contributed by atoms with Gasteiger partial charge >= 0.3 is 0 Å². The minimum absolute atomic E-state index is 0.312. The van der Waals surface area contributed by atoms with Crippen LogP contribution in [0.5, 0.6) is 0 Å². The number of nitrogens with zero attached hydrogens (tertiary/aromatic N) is 2. The summed E-state index contributed by atoms with van der Waals surface area (Å²) in [7, 11) is 6.36. The van der Waals surface area contributed by atoms with Crippen LogP contribution in [0.25, 0.3) is 0 Å². The van der Waals surface area contributed by atoms with E-state index in [1.54, 1.807) is 6.92 Å². The molecule has 1 aliphatic rings. The Hall–Kier alpha value is -0.160. The SMILES string of the molecule is CN(CC(C)(O)CN)CC1(N(C)C)CCC1. The Morgan fingerprint density at radius 1 is 1.31 bits per heavy atom. The average molecular weight is 229 g/mol. The topological polar surface area (TPSA) is 52.7 Å². The van der Waals surface area contributed by atoms with Crippen LogP contribution in [0, 0.1) is 0 Å². The molecule has 0 bridgehead atoms. The van der Waals surface area contributed by atoms with Crippen LogP contribution in [0.3, 0.4) is 0 Å². The highest BCUT2D eigenvalue weighted by Gasteiger charge is 2.40. The molecular formula is C12H27N3O. The lowest BCUT2D eigenvalue weighted by molar-refractivity contribution is -0.00988. The van der Waals surface area contributed by atoms with Crippen LogP contribution in [0.1, 0.15) is 26.2 Å². The fraction of sp³-hybridized carbons (Fsp3) is 1.00. The van der Waals surface area contributed by atoms with E-state index in [2.05, 4.69) is 30.9 Å². The lowest BCUT2D eigenvalue weighted by Gasteiger charge is -2.50. The van der Waals surface area contributed by atoms with Gasteiger partial charge in [-0.05, 0) is 47.3 Å². The molecule has 1 fully saturated rings. The third kappa shape index (κ3) is 3.17. The molecule has 1 saturated carbocycles. The normalized spacial score (nSPS) is 23.2. The molecule has 0 aliphatic heterocycles. The molecule has 1 aliphatic carbocycles. The van der Waals surface area contributed by atoms with Gasteiger partial charge in [0.2, 0.25) is 0 Å². The van der Waals surface area contributed by atoms with Gasteiger partial charge in [-0.3, -0.25) is 0 Å². The first-order valence-electron chi connectivity index (χ1n) is 6.10. The van der Waals surface area contributed by atoms with E-state index in [0.29, 0.717) is 18.6 Å². The van der Waals surface area contributed by atoms with E-state index in [4.69, 9.17) is 5.73 Å². The molecule has 3 N–H and O–H groups in total. The lowest BCUT2D eigenvalue weighted by atomic mass is 9.75. The first-order chi connectivity index (χ1) is 7.31. The number of nitrogens with two attached hydrogens (primary N) is 1. The van der Waals surface area contributed by atoms with Crippen LogP contribution >= 0.6 is 0 Å². The van der Waals surface area contributed by atoms with Gasteiger partial charge in [0.1, 0.15) is 0 Å². The minimum atomic E-state index is -0.772. The largest absolute Gasteiger partial charge is 0.388 e. The monoisotopic (exact) mass is 229 g/mol. The maximum absolute atomic E-state index is 9.94. The van der Waals surface area contributed by atoms with Crippen LogP contribution in [-0.2, 0) is 0 Å². The zero-order valence-electron chi connectivity index (χ0n) is 11.2. The molecule has 4 heteroatoms. The Kier molecular flexibility index (Phi) is 4.35. The molecule has 1 atom stereocenters. The summed E-state index contributed by atoms with van der Waals surface area (Å²) >= 11 is 0. The molecule has 0 aromatic rings. The Morgan fingerprint density at radius 2 is 1.88 bits per heavy atom. The number of rotatable bonds is 6. The zero-order chi connectivity index (χ0) is 12.4. The first-order valence-corrected chi connectivity index (χ1v) is 6.10. The minimum Gasteiger partial charge on any atom is -0.388 e. The van der Waals surface area contributed by atoms with Gasteiger partial charge in [-0.1, -0.05) is 0 Å². The molecule has 0 heterocycles. The second kappa shape index (κ2) is 5.00. The predicted molar refractivity (Wildman–Crippen MR) is 67.4 cm³/mol. The van der Waals surface area contributed by atoms with Crippen molar-refractivity contribution in [1.29, 1.82) is 0 Å². The van der Waals surface area contributed by atoms with Crippen molar-refractivity contribution in [2.45, 2.75) is 37.3 Å². The highest BCUT2D eigenvalue weighted by Crippen LogP contribution is 2.36. The zero-order valence-corrected chi connectivity index (χ0v) is 11.2. The van der Waals surface area contributed by atoms with Gasteiger partial charge in [-0.15, -0.1) is 0 Å². The molecule has 0 radical (unpaired) electrons. The number of hydrogen-bond donors (Lipinski definition) is 2. The van der Waals surface area contributed by atoms with Crippen molar-refractivity contribution >= 4 is 0 Å². The summed E-state index contributed by atoms with van der Waals surface area (Å²) < 4.78 is 0. The van der Waals surface area contributed by atoms with E-state index >= 15 is 0 Å². The Bertz CT molecular complexity index is 224. The molecule has 4 nitrogen and oxygen atoms in total. The van der Waals surface area contributed by atoms with Crippen molar-refractivity contribution in [1.82, 2.24) is 9.80 Å². The van der Waals surface area contributed by atoms with Gasteiger partial charge in [0.15, 0.2) is 0 Å². The smallest absolute Gasteiger partial charge is 0.0867 e. The van der Waals surface area contributed by atoms with Crippen molar-refractivity contribution in [3.05, 3.63) is 0 Å². The van der Waals surface area contributed by atoms with Crippen molar-refractivity contribution in [3.63, 3.8) is 0 Å². The summed E-state index contributed by atoms with van der Waals surface area (Å²) in [6.45, 7) is 3.76. The van der Waals surface area contributed by atoms with Crippen LogP contribution < -0.4 is 5.73 Å². The molecule has 0 amide bonds. The third-order valence-electron chi connectivity index (χ3n) is 3.85. The number of hydrogen-bond acceptors (Lipinski definition) is 4. The molecule has 1 rings (SSSR count). The second-order valence-electron chi connectivity index (χ2n) is 5.85. The quantitative estimate of drug-likeness (QED) is 0.679. The van der Waals surface area contributed by atoms with Crippen molar-refractivity contribution < 1.29 is 5.11 Å². The summed E-state index contributed by atoms with van der Waals surface area (Å²) in [4.78, 5) is 4.52. The molecule has 0 aromatic heterocycles. The van der Waals surface area contributed by atoms with Crippen LogP contribution in [0.4, 0.5) is 0 Å². The van der Waals surface area contributed by atoms with Gasteiger partial charge in [-0.25, -0.2) is 0 Å². The third-order valence-corrected chi connectivity index (χ3v) is 3.85. The van der Waals surface area contributed by atoms with E-state index in [-0.39, 0.29) is 0 Å². The molecule has 1 unspecified atom stereocenters. The average Bonchev–Trinajstić information content (AvgIpc) is 2.10. The molecule has 0 aromatic carbocycles. The van der Waals surface area contributed by atoms with Crippen LogP contribution in [0.15, 0.2) is 0 Å². The first kappa shape index (κ1) is 13.9. The van der Waals surface area contributed by atoms with E-state index in [0.717, 1.165) is 6.54 Å². The van der Waals surface area contributed by atoms with Crippen molar-refractivity contribution in [3.8, 4) is 0 Å². The summed E-state index contributed by atoms with van der Waals surface area (Å²) in [5.41, 5.74) is 5.08. The molecular weight excluding hydrogens is 202 g/mol. The molecule has 16 heavy (non-hydrogen) atoms. The summed E-state index contributed by atoms with van der Waals surface area (Å²) in [5.74, 6) is 0. The molecule has 0 spiro atoms. The molecule has 96 valence electrons. The second-order valence-corrected chi connectivity index (χ2v) is 5.85. The summed E-state index contributed by atoms with van der Waals surface area (Å²) in [6.07, 6.45) is 3.84. The van der Waals surface area contributed by atoms with Crippen molar-refractivity contribution in [2.75, 3.05) is 40.8 Å². The van der Waals surface area contributed by atoms with Gasteiger partial charge in [0.05, 0.1) is 5.60 Å². The van der Waals surface area contributed by atoms with E-state index in [9.17, 15) is 5.11 Å². The summed E-state index contributed by atoms with van der Waals surface area (Å²) in [5, 5.41) is 9.94. The van der Waals surface area contributed by atoms with Gasteiger partial charge < -0.3 is 20.6 Å². The van der Waals surface area contributed by atoms with Gasteiger partial charge in [-0.2, -0.15) is 0 Å². The Morgan fingerprint density at radius 3 is 2.19 bits per heavy atom. The van der Waals surface area contributed by atoms with E-state index < -0.39 is 5.60 Å². The van der Waals surface area contributed by atoms with E-state index in [1.165, 1.54) is 19.3 Å². The predicted octanol–water partition coefficient (Wildman–Crippen LogP) is 0.112. The van der Waals surface area contributed by atoms with Crippen molar-refractivity contribution in [2.24, 2.45) is 5.73 Å². The highest BCUT2D eigenvalue weighted by atomic mass is 16.3. The maximum atomic E-state index is 9.94. The molecule has 0 saturated heterocycles. The number of likely N-dealkylation sites (N-methyl/N-ethyl adjacent to an activating group) is 2.